The predicted octanol–water partition coefficient (Wildman–Crippen LogP) is 5.60. The van der Waals surface area contributed by atoms with E-state index >= 15 is 0 Å². The minimum Gasteiger partial charge on any atom is -0.307 e. The minimum atomic E-state index is 0.474. The zero-order valence-electron chi connectivity index (χ0n) is 13.3. The molecule has 0 heterocycles. The highest BCUT2D eigenvalue weighted by Crippen LogP contribution is 2.49. The van der Waals surface area contributed by atoms with Gasteiger partial charge in [0.1, 0.15) is 0 Å². The summed E-state index contributed by atoms with van der Waals surface area (Å²) in [6, 6.07) is 9.51. The van der Waals surface area contributed by atoms with E-state index < -0.39 is 0 Å². The van der Waals surface area contributed by atoms with Gasteiger partial charge in [-0.3, -0.25) is 0 Å². The Morgan fingerprint density at radius 1 is 1.19 bits per heavy atom. The zero-order valence-corrected chi connectivity index (χ0v) is 14.1. The van der Waals surface area contributed by atoms with Crippen molar-refractivity contribution in [3.8, 4) is 0 Å². The quantitative estimate of drug-likeness (QED) is 0.722. The highest BCUT2D eigenvalue weighted by molar-refractivity contribution is 6.30. The van der Waals surface area contributed by atoms with Gasteiger partial charge in [-0.25, -0.2) is 0 Å². The van der Waals surface area contributed by atoms with E-state index in [2.05, 4.69) is 31.3 Å². The van der Waals surface area contributed by atoms with Crippen LogP contribution in [-0.4, -0.2) is 6.04 Å². The first-order valence-electron chi connectivity index (χ1n) is 8.69. The van der Waals surface area contributed by atoms with Crippen LogP contribution in [0.2, 0.25) is 5.02 Å². The van der Waals surface area contributed by atoms with Crippen LogP contribution in [0.5, 0.6) is 0 Å². The third-order valence-electron chi connectivity index (χ3n) is 5.75. The lowest BCUT2D eigenvalue weighted by molar-refractivity contribution is 0.241. The largest absolute Gasteiger partial charge is 0.307 e. The Hall–Kier alpha value is -0.530. The van der Waals surface area contributed by atoms with Crippen LogP contribution in [0, 0.1) is 17.8 Å². The van der Waals surface area contributed by atoms with E-state index in [4.69, 9.17) is 11.6 Å². The minimum absolute atomic E-state index is 0.474. The van der Waals surface area contributed by atoms with Gasteiger partial charge in [-0.05, 0) is 68.1 Å². The molecule has 2 aliphatic carbocycles. The Balaban J connectivity index is 1.65. The Labute approximate surface area is 134 Å². The lowest BCUT2D eigenvalue weighted by Gasteiger charge is -2.32. The highest BCUT2D eigenvalue weighted by atomic mass is 35.5. The summed E-state index contributed by atoms with van der Waals surface area (Å²) < 4.78 is 0. The molecule has 5 atom stereocenters. The van der Waals surface area contributed by atoms with Gasteiger partial charge >= 0.3 is 0 Å². The third-order valence-corrected chi connectivity index (χ3v) is 6.00. The molecule has 0 spiro atoms. The molecule has 2 aliphatic rings. The molecule has 1 aromatic rings. The number of benzene rings is 1. The van der Waals surface area contributed by atoms with Gasteiger partial charge in [0.15, 0.2) is 0 Å². The molecule has 1 aromatic carbocycles. The van der Waals surface area contributed by atoms with E-state index in [1.165, 1.54) is 44.1 Å². The van der Waals surface area contributed by atoms with E-state index in [0.717, 1.165) is 22.8 Å². The summed E-state index contributed by atoms with van der Waals surface area (Å²) in [4.78, 5) is 0. The lowest BCUT2D eigenvalue weighted by atomic mass is 9.83. The molecule has 21 heavy (non-hydrogen) atoms. The number of hydrogen-bond acceptors (Lipinski definition) is 1. The van der Waals surface area contributed by atoms with Gasteiger partial charge in [-0.2, -0.15) is 0 Å². The normalized spacial score (nSPS) is 30.5. The summed E-state index contributed by atoms with van der Waals surface area (Å²) in [5, 5.41) is 4.77. The van der Waals surface area contributed by atoms with Crippen molar-refractivity contribution in [1.29, 1.82) is 0 Å². The van der Waals surface area contributed by atoms with Crippen molar-refractivity contribution in [2.24, 2.45) is 17.8 Å². The van der Waals surface area contributed by atoms with Gasteiger partial charge in [0.25, 0.3) is 0 Å². The van der Waals surface area contributed by atoms with Crippen molar-refractivity contribution in [3.05, 3.63) is 34.9 Å². The molecular weight excluding hydrogens is 278 g/mol. The fraction of sp³-hybridized carbons (Fsp3) is 0.684. The fourth-order valence-corrected chi connectivity index (χ4v) is 4.80. The topological polar surface area (TPSA) is 12.0 Å². The van der Waals surface area contributed by atoms with E-state index in [0.29, 0.717) is 12.1 Å². The van der Waals surface area contributed by atoms with Crippen LogP contribution < -0.4 is 5.32 Å². The Morgan fingerprint density at radius 3 is 2.52 bits per heavy atom. The number of fused-ring (bicyclic) bond motifs is 2. The van der Waals surface area contributed by atoms with Crippen LogP contribution in [0.25, 0.3) is 0 Å². The molecule has 0 amide bonds. The van der Waals surface area contributed by atoms with Crippen molar-refractivity contribution in [2.45, 2.75) is 64.5 Å². The molecule has 0 radical (unpaired) electrons. The first kappa shape index (κ1) is 15.4. The third kappa shape index (κ3) is 3.46. The molecule has 3 rings (SSSR count). The standard InChI is InChI=1S/C19H28ClN/c1-3-4-19(15-7-9-17(20)10-8-15)21-13(2)18-12-14-5-6-16(18)11-14/h7-10,13-14,16,18-19,21H,3-6,11-12H2,1-2H3. The van der Waals surface area contributed by atoms with Gasteiger partial charge in [0, 0.05) is 17.1 Å². The average Bonchev–Trinajstić information content (AvgIpc) is 3.10. The summed E-state index contributed by atoms with van der Waals surface area (Å²) in [6.45, 7) is 4.68. The van der Waals surface area contributed by atoms with Crippen molar-refractivity contribution in [1.82, 2.24) is 5.32 Å². The van der Waals surface area contributed by atoms with Gasteiger partial charge in [-0.15, -0.1) is 0 Å². The first-order chi connectivity index (χ1) is 10.2. The van der Waals surface area contributed by atoms with Crippen molar-refractivity contribution in [3.63, 3.8) is 0 Å². The Kier molecular flexibility index (Phi) is 4.91. The highest BCUT2D eigenvalue weighted by Gasteiger charge is 2.42. The molecule has 1 nitrogen and oxygen atoms in total. The van der Waals surface area contributed by atoms with Crippen LogP contribution >= 0.6 is 11.6 Å². The van der Waals surface area contributed by atoms with Gasteiger partial charge in [0.05, 0.1) is 0 Å². The van der Waals surface area contributed by atoms with E-state index in [1.807, 2.05) is 12.1 Å². The number of hydrogen-bond donors (Lipinski definition) is 1. The molecule has 1 N–H and O–H groups in total. The predicted molar refractivity (Wildman–Crippen MR) is 90.6 cm³/mol. The van der Waals surface area contributed by atoms with Crippen LogP contribution in [0.4, 0.5) is 0 Å². The maximum atomic E-state index is 6.03. The molecule has 2 heteroatoms. The second-order valence-electron chi connectivity index (χ2n) is 7.19. The molecular formula is C19H28ClN. The number of halogens is 1. The first-order valence-corrected chi connectivity index (χ1v) is 9.06. The molecule has 0 aliphatic heterocycles. The average molecular weight is 306 g/mol. The SMILES string of the molecule is CCCC(NC(C)C1CC2CCC1C2)c1ccc(Cl)cc1. The molecule has 2 saturated carbocycles. The van der Waals surface area contributed by atoms with Crippen molar-refractivity contribution in [2.75, 3.05) is 0 Å². The number of rotatable bonds is 6. The number of nitrogens with one attached hydrogen (secondary N) is 1. The van der Waals surface area contributed by atoms with Crippen LogP contribution in [0.1, 0.15) is 64.0 Å². The summed E-state index contributed by atoms with van der Waals surface area (Å²) in [5.41, 5.74) is 1.39. The van der Waals surface area contributed by atoms with Gasteiger partial charge < -0.3 is 5.32 Å². The molecule has 2 fully saturated rings. The summed E-state index contributed by atoms with van der Waals surface area (Å²) in [7, 11) is 0. The molecule has 0 saturated heterocycles. The maximum Gasteiger partial charge on any atom is 0.0406 e. The van der Waals surface area contributed by atoms with Gasteiger partial charge in [-0.1, -0.05) is 43.5 Å². The van der Waals surface area contributed by atoms with Crippen LogP contribution in [0.3, 0.4) is 0 Å². The summed E-state index contributed by atoms with van der Waals surface area (Å²) in [6.07, 6.45) is 8.33. The monoisotopic (exact) mass is 305 g/mol. The van der Waals surface area contributed by atoms with Crippen LogP contribution in [-0.2, 0) is 0 Å². The molecule has 2 bridgehead atoms. The van der Waals surface area contributed by atoms with Crippen LogP contribution in [0.15, 0.2) is 24.3 Å². The fourth-order valence-electron chi connectivity index (χ4n) is 4.68. The summed E-state index contributed by atoms with van der Waals surface area (Å²) >= 11 is 6.03. The van der Waals surface area contributed by atoms with E-state index in [9.17, 15) is 0 Å². The van der Waals surface area contributed by atoms with E-state index in [1.54, 1.807) is 0 Å². The second kappa shape index (κ2) is 6.71. The van der Waals surface area contributed by atoms with E-state index in [-0.39, 0.29) is 0 Å². The maximum absolute atomic E-state index is 6.03. The zero-order chi connectivity index (χ0) is 14.8. The molecule has 0 aromatic heterocycles. The van der Waals surface area contributed by atoms with Gasteiger partial charge in [0.2, 0.25) is 0 Å². The van der Waals surface area contributed by atoms with Crippen molar-refractivity contribution < 1.29 is 0 Å². The smallest absolute Gasteiger partial charge is 0.0406 e. The van der Waals surface area contributed by atoms with Crippen molar-refractivity contribution >= 4 is 11.6 Å². The molecule has 5 unspecified atom stereocenters. The second-order valence-corrected chi connectivity index (χ2v) is 7.62. The lowest BCUT2D eigenvalue weighted by Crippen LogP contribution is -2.38. The summed E-state index contributed by atoms with van der Waals surface area (Å²) in [5.74, 6) is 2.92. The Morgan fingerprint density at radius 2 is 1.95 bits per heavy atom. The Bertz CT molecular complexity index is 455. The molecule has 116 valence electrons.